The van der Waals surface area contributed by atoms with E-state index in [1.165, 1.54) is 6.20 Å². The van der Waals surface area contributed by atoms with Crippen molar-refractivity contribution < 1.29 is 14.3 Å². The summed E-state index contributed by atoms with van der Waals surface area (Å²) in [6.45, 7) is 3.23. The second kappa shape index (κ2) is 6.23. The fourth-order valence-corrected chi connectivity index (χ4v) is 3.97. The third-order valence-electron chi connectivity index (χ3n) is 5.76. The second-order valence-corrected chi connectivity index (χ2v) is 7.69. The quantitative estimate of drug-likeness (QED) is 0.705. The summed E-state index contributed by atoms with van der Waals surface area (Å²) in [6, 6.07) is 1.76. The second-order valence-electron chi connectivity index (χ2n) is 7.69. The number of carboxylic acid groups (broad SMARTS) is 1. The van der Waals surface area contributed by atoms with Gasteiger partial charge in [0.05, 0.1) is 22.3 Å². The SMILES string of the molecule is CC(N)[C@H]1CCN(c2cc3c(c(N)c2F)c(=O)c(C(=O)O)cn3C2CC2)C1. The number of nitrogens with zero attached hydrogens (tertiary/aromatic N) is 2. The van der Waals surface area contributed by atoms with E-state index in [1.807, 2.05) is 11.8 Å². The Labute approximate surface area is 155 Å². The Balaban J connectivity index is 1.93. The molecule has 0 spiro atoms. The summed E-state index contributed by atoms with van der Waals surface area (Å²) in [4.78, 5) is 26.0. The van der Waals surface area contributed by atoms with Crippen molar-refractivity contribution in [1.82, 2.24) is 4.57 Å². The fourth-order valence-electron chi connectivity index (χ4n) is 3.97. The molecule has 1 aliphatic heterocycles. The minimum absolute atomic E-state index is 0.0126. The highest BCUT2D eigenvalue weighted by Gasteiger charge is 2.31. The van der Waals surface area contributed by atoms with Crippen molar-refractivity contribution in [3.05, 3.63) is 33.9 Å². The van der Waals surface area contributed by atoms with Gasteiger partial charge in [-0.05, 0) is 38.2 Å². The van der Waals surface area contributed by atoms with Gasteiger partial charge in [-0.15, -0.1) is 0 Å². The lowest BCUT2D eigenvalue weighted by Crippen LogP contribution is -2.30. The number of carboxylic acids is 1. The van der Waals surface area contributed by atoms with Gasteiger partial charge in [-0.25, -0.2) is 9.18 Å². The number of hydrogen-bond acceptors (Lipinski definition) is 5. The molecule has 5 N–H and O–H groups in total. The zero-order valence-electron chi connectivity index (χ0n) is 15.1. The third kappa shape index (κ3) is 2.84. The molecule has 7 nitrogen and oxygen atoms in total. The summed E-state index contributed by atoms with van der Waals surface area (Å²) in [7, 11) is 0. The van der Waals surface area contributed by atoms with Crippen LogP contribution in [0.2, 0.25) is 0 Å². The molecule has 2 fully saturated rings. The highest BCUT2D eigenvalue weighted by molar-refractivity contribution is 5.99. The number of anilines is 2. The predicted octanol–water partition coefficient (Wildman–Crippen LogP) is 1.93. The number of pyridine rings is 1. The highest BCUT2D eigenvalue weighted by atomic mass is 19.1. The van der Waals surface area contributed by atoms with Gasteiger partial charge in [0.25, 0.3) is 0 Å². The van der Waals surface area contributed by atoms with Crippen LogP contribution in [-0.2, 0) is 0 Å². The molecule has 144 valence electrons. The minimum atomic E-state index is -1.33. The smallest absolute Gasteiger partial charge is 0.341 e. The maximum Gasteiger partial charge on any atom is 0.341 e. The van der Waals surface area contributed by atoms with Crippen molar-refractivity contribution in [3.63, 3.8) is 0 Å². The molecule has 2 atom stereocenters. The van der Waals surface area contributed by atoms with E-state index in [1.54, 1.807) is 10.6 Å². The zero-order chi connectivity index (χ0) is 19.5. The molecule has 27 heavy (non-hydrogen) atoms. The molecule has 2 aliphatic rings. The molecule has 4 rings (SSSR count). The van der Waals surface area contributed by atoms with E-state index in [4.69, 9.17) is 11.5 Å². The molecule has 1 aromatic carbocycles. The lowest BCUT2D eigenvalue weighted by molar-refractivity contribution is 0.0695. The first-order valence-corrected chi connectivity index (χ1v) is 9.20. The van der Waals surface area contributed by atoms with Crippen LogP contribution in [0.15, 0.2) is 17.1 Å². The molecule has 2 aromatic rings. The van der Waals surface area contributed by atoms with Crippen molar-refractivity contribution in [1.29, 1.82) is 0 Å². The van der Waals surface area contributed by atoms with Crippen LogP contribution in [0.25, 0.3) is 10.9 Å². The first-order valence-electron chi connectivity index (χ1n) is 9.20. The van der Waals surface area contributed by atoms with Crippen LogP contribution < -0.4 is 21.8 Å². The summed E-state index contributed by atoms with van der Waals surface area (Å²) in [5, 5.41) is 9.30. The van der Waals surface area contributed by atoms with Gasteiger partial charge < -0.3 is 26.0 Å². The Morgan fingerprint density at radius 2 is 2.07 bits per heavy atom. The van der Waals surface area contributed by atoms with E-state index in [0.29, 0.717) is 24.3 Å². The number of hydrogen-bond donors (Lipinski definition) is 3. The van der Waals surface area contributed by atoms with Crippen molar-refractivity contribution in [2.24, 2.45) is 11.7 Å². The standard InChI is InChI=1S/C19H23FN4O3/c1-9(21)10-4-5-23(7-10)14-6-13-15(17(22)16(14)20)18(25)12(19(26)27)8-24(13)11-2-3-11/h6,8-11H,2-5,7,21-22H2,1H3,(H,26,27)/t9?,10-/m0/s1. The van der Waals surface area contributed by atoms with Crippen molar-refractivity contribution in [2.75, 3.05) is 23.7 Å². The van der Waals surface area contributed by atoms with E-state index in [0.717, 1.165) is 19.3 Å². The molecule has 1 unspecified atom stereocenters. The monoisotopic (exact) mass is 374 g/mol. The normalized spacial score (nSPS) is 21.0. The molecule has 1 aromatic heterocycles. The summed E-state index contributed by atoms with van der Waals surface area (Å²) in [5.41, 5.74) is 11.4. The highest BCUT2D eigenvalue weighted by Crippen LogP contribution is 2.40. The average molecular weight is 374 g/mol. The van der Waals surface area contributed by atoms with Crippen LogP contribution in [0.3, 0.4) is 0 Å². The number of nitrogen functional groups attached to an aromatic ring is 1. The zero-order valence-corrected chi connectivity index (χ0v) is 15.1. The lowest BCUT2D eigenvalue weighted by Gasteiger charge is -2.23. The third-order valence-corrected chi connectivity index (χ3v) is 5.76. The predicted molar refractivity (Wildman–Crippen MR) is 102 cm³/mol. The number of aromatic nitrogens is 1. The fraction of sp³-hybridized carbons (Fsp3) is 0.474. The molecule has 0 amide bonds. The van der Waals surface area contributed by atoms with Gasteiger partial charge in [0.2, 0.25) is 5.43 Å². The van der Waals surface area contributed by atoms with Crippen LogP contribution in [0.1, 0.15) is 42.6 Å². The van der Waals surface area contributed by atoms with E-state index < -0.39 is 17.2 Å². The Morgan fingerprint density at radius 3 is 2.63 bits per heavy atom. The van der Waals surface area contributed by atoms with Gasteiger partial charge in [-0.2, -0.15) is 0 Å². The Kier molecular flexibility index (Phi) is 4.10. The summed E-state index contributed by atoms with van der Waals surface area (Å²) in [5.74, 6) is -1.74. The van der Waals surface area contributed by atoms with Gasteiger partial charge in [0.15, 0.2) is 5.82 Å². The summed E-state index contributed by atoms with van der Waals surface area (Å²) in [6.07, 6.45) is 4.00. The average Bonchev–Trinajstić information content (AvgIpc) is 3.33. The molecule has 1 aliphatic carbocycles. The Morgan fingerprint density at radius 1 is 1.37 bits per heavy atom. The number of benzene rings is 1. The number of aromatic carboxylic acids is 1. The maximum absolute atomic E-state index is 15.1. The van der Waals surface area contributed by atoms with E-state index in [9.17, 15) is 14.7 Å². The number of carbonyl (C=O) groups is 1. The summed E-state index contributed by atoms with van der Waals surface area (Å²) < 4.78 is 16.8. The van der Waals surface area contributed by atoms with E-state index >= 15 is 4.39 Å². The molecule has 0 bridgehead atoms. The lowest BCUT2D eigenvalue weighted by atomic mass is 10.0. The molecule has 1 saturated heterocycles. The molecular weight excluding hydrogens is 351 g/mol. The van der Waals surface area contributed by atoms with Crippen molar-refractivity contribution in [3.8, 4) is 0 Å². The van der Waals surface area contributed by atoms with E-state index in [-0.39, 0.29) is 34.6 Å². The number of nitrogens with two attached hydrogens (primary N) is 2. The van der Waals surface area contributed by atoms with E-state index in [2.05, 4.69) is 0 Å². The van der Waals surface area contributed by atoms with Crippen LogP contribution in [0.5, 0.6) is 0 Å². The number of fused-ring (bicyclic) bond motifs is 1. The molecular formula is C19H23FN4O3. The van der Waals surface area contributed by atoms with Crippen LogP contribution in [0.4, 0.5) is 15.8 Å². The number of rotatable bonds is 4. The number of halogens is 1. The largest absolute Gasteiger partial charge is 0.477 e. The van der Waals surface area contributed by atoms with Gasteiger partial charge >= 0.3 is 5.97 Å². The maximum atomic E-state index is 15.1. The summed E-state index contributed by atoms with van der Waals surface area (Å²) >= 11 is 0. The molecule has 8 heteroatoms. The Bertz CT molecular complexity index is 997. The van der Waals surface area contributed by atoms with Crippen molar-refractivity contribution >= 4 is 28.2 Å². The van der Waals surface area contributed by atoms with Crippen LogP contribution in [-0.4, -0.2) is 34.8 Å². The van der Waals surface area contributed by atoms with Crippen molar-refractivity contribution in [2.45, 2.75) is 38.3 Å². The van der Waals surface area contributed by atoms with Crippen LogP contribution >= 0.6 is 0 Å². The molecule has 0 radical (unpaired) electrons. The first-order chi connectivity index (χ1) is 12.8. The van der Waals surface area contributed by atoms with Gasteiger partial charge in [0.1, 0.15) is 5.56 Å². The molecule has 2 heterocycles. The van der Waals surface area contributed by atoms with Gasteiger partial charge in [-0.1, -0.05) is 0 Å². The van der Waals surface area contributed by atoms with Gasteiger partial charge in [-0.3, -0.25) is 4.79 Å². The Hall–Kier alpha value is -2.61. The molecule has 1 saturated carbocycles. The minimum Gasteiger partial charge on any atom is -0.477 e. The topological polar surface area (TPSA) is 115 Å². The van der Waals surface area contributed by atoms with Gasteiger partial charge in [0, 0.05) is 31.4 Å². The van der Waals surface area contributed by atoms with Crippen LogP contribution in [0, 0.1) is 11.7 Å². The first kappa shape index (κ1) is 17.8.